The molecule has 0 spiro atoms. The molecule has 0 saturated heterocycles. The zero-order valence-corrected chi connectivity index (χ0v) is 9.67. The van der Waals surface area contributed by atoms with Crippen molar-refractivity contribution in [1.29, 1.82) is 0 Å². The molecule has 0 amide bonds. The van der Waals surface area contributed by atoms with E-state index in [1.54, 1.807) is 0 Å². The van der Waals surface area contributed by atoms with Crippen LogP contribution in [-0.2, 0) is 12.5 Å². The normalized spacial score (nSPS) is 12.0. The Bertz CT molecular complexity index is 276. The van der Waals surface area contributed by atoms with Crippen LogP contribution in [0.1, 0.15) is 33.0 Å². The summed E-state index contributed by atoms with van der Waals surface area (Å²) in [4.78, 5) is 4.40. The summed E-state index contributed by atoms with van der Waals surface area (Å²) >= 11 is 0. The highest BCUT2D eigenvalue weighted by Crippen LogP contribution is 2.24. The molecule has 0 aliphatic rings. The summed E-state index contributed by atoms with van der Waals surface area (Å²) in [5.74, 6) is 1.16. The van der Waals surface area contributed by atoms with Gasteiger partial charge in [-0.25, -0.2) is 4.98 Å². The number of aromatic nitrogens is 2. The number of hydrogen-bond donors (Lipinski definition) is 1. The molecule has 1 rings (SSSR count). The van der Waals surface area contributed by atoms with Crippen LogP contribution < -0.4 is 5.32 Å². The largest absolute Gasteiger partial charge is 0.338 e. The Labute approximate surface area is 86.5 Å². The number of imidazole rings is 1. The molecule has 0 aromatic carbocycles. The Morgan fingerprint density at radius 2 is 2.21 bits per heavy atom. The second kappa shape index (κ2) is 4.60. The second-order valence-electron chi connectivity index (χ2n) is 4.35. The molecule has 1 aromatic heterocycles. The number of nitrogens with zero attached hydrogens (tertiary/aromatic N) is 2. The summed E-state index contributed by atoms with van der Waals surface area (Å²) in [6, 6.07) is 0. The number of rotatable bonds is 5. The predicted octanol–water partition coefficient (Wildman–Crippen LogP) is 1.70. The van der Waals surface area contributed by atoms with Gasteiger partial charge in [0, 0.05) is 24.9 Å². The molecule has 3 heteroatoms. The summed E-state index contributed by atoms with van der Waals surface area (Å²) < 4.78 is 2.10. The number of nitrogens with one attached hydrogen (secondary N) is 1. The van der Waals surface area contributed by atoms with E-state index in [1.807, 2.05) is 12.4 Å². The summed E-state index contributed by atoms with van der Waals surface area (Å²) in [7, 11) is 2.05. The van der Waals surface area contributed by atoms with Crippen molar-refractivity contribution in [2.45, 2.75) is 32.6 Å². The van der Waals surface area contributed by atoms with Crippen LogP contribution in [0.2, 0.25) is 0 Å². The lowest BCUT2D eigenvalue weighted by Crippen LogP contribution is -2.27. The van der Waals surface area contributed by atoms with Gasteiger partial charge in [-0.3, -0.25) is 0 Å². The van der Waals surface area contributed by atoms with Crippen molar-refractivity contribution >= 4 is 0 Å². The van der Waals surface area contributed by atoms with E-state index in [1.165, 1.54) is 0 Å². The zero-order valence-electron chi connectivity index (χ0n) is 9.67. The standard InChI is InChI=1S/C11H21N3/c1-5-12-7-6-11(2,3)10-13-8-9-14(10)4/h8-9,12H,5-7H2,1-4H3. The fourth-order valence-electron chi connectivity index (χ4n) is 1.71. The molecule has 0 bridgehead atoms. The van der Waals surface area contributed by atoms with Crippen LogP contribution in [0.5, 0.6) is 0 Å². The third-order valence-corrected chi connectivity index (χ3v) is 2.60. The Balaban J connectivity index is 2.61. The van der Waals surface area contributed by atoms with Crippen molar-refractivity contribution in [3.63, 3.8) is 0 Å². The smallest absolute Gasteiger partial charge is 0.114 e. The molecule has 80 valence electrons. The third kappa shape index (κ3) is 2.58. The van der Waals surface area contributed by atoms with Crippen LogP contribution in [0.15, 0.2) is 12.4 Å². The second-order valence-corrected chi connectivity index (χ2v) is 4.35. The van der Waals surface area contributed by atoms with E-state index < -0.39 is 0 Å². The van der Waals surface area contributed by atoms with E-state index in [0.717, 1.165) is 25.3 Å². The van der Waals surface area contributed by atoms with Gasteiger partial charge in [-0.1, -0.05) is 20.8 Å². The van der Waals surface area contributed by atoms with Gasteiger partial charge >= 0.3 is 0 Å². The van der Waals surface area contributed by atoms with Gasteiger partial charge < -0.3 is 9.88 Å². The minimum absolute atomic E-state index is 0.153. The van der Waals surface area contributed by atoms with Gasteiger partial charge in [0.1, 0.15) is 5.82 Å². The SMILES string of the molecule is CCNCCC(C)(C)c1nccn1C. The van der Waals surface area contributed by atoms with Crippen molar-refractivity contribution < 1.29 is 0 Å². The van der Waals surface area contributed by atoms with Crippen LogP contribution in [0, 0.1) is 0 Å². The Kier molecular flexibility index (Phi) is 3.69. The lowest BCUT2D eigenvalue weighted by molar-refractivity contribution is 0.424. The lowest BCUT2D eigenvalue weighted by atomic mass is 9.88. The molecule has 0 radical (unpaired) electrons. The van der Waals surface area contributed by atoms with Gasteiger partial charge in [0.25, 0.3) is 0 Å². The Hall–Kier alpha value is -0.830. The minimum atomic E-state index is 0.153. The van der Waals surface area contributed by atoms with E-state index >= 15 is 0 Å². The van der Waals surface area contributed by atoms with E-state index in [4.69, 9.17) is 0 Å². The Morgan fingerprint density at radius 3 is 2.71 bits per heavy atom. The fourth-order valence-corrected chi connectivity index (χ4v) is 1.71. The van der Waals surface area contributed by atoms with Gasteiger partial charge in [-0.15, -0.1) is 0 Å². The fraction of sp³-hybridized carbons (Fsp3) is 0.727. The summed E-state index contributed by atoms with van der Waals surface area (Å²) in [5.41, 5.74) is 0.153. The number of aryl methyl sites for hydroxylation is 1. The van der Waals surface area contributed by atoms with Crippen molar-refractivity contribution in [2.24, 2.45) is 7.05 Å². The first-order valence-electron chi connectivity index (χ1n) is 5.26. The van der Waals surface area contributed by atoms with Gasteiger partial charge in [-0.2, -0.15) is 0 Å². The van der Waals surface area contributed by atoms with Crippen molar-refractivity contribution in [1.82, 2.24) is 14.9 Å². The first kappa shape index (κ1) is 11.2. The average molecular weight is 195 g/mol. The highest BCUT2D eigenvalue weighted by Gasteiger charge is 2.23. The quantitative estimate of drug-likeness (QED) is 0.725. The minimum Gasteiger partial charge on any atom is -0.338 e. The van der Waals surface area contributed by atoms with Gasteiger partial charge in [0.2, 0.25) is 0 Å². The third-order valence-electron chi connectivity index (χ3n) is 2.60. The highest BCUT2D eigenvalue weighted by molar-refractivity contribution is 5.06. The highest BCUT2D eigenvalue weighted by atomic mass is 15.0. The van der Waals surface area contributed by atoms with Crippen molar-refractivity contribution in [3.8, 4) is 0 Å². The topological polar surface area (TPSA) is 29.9 Å². The zero-order chi connectivity index (χ0) is 10.6. The summed E-state index contributed by atoms with van der Waals surface area (Å²) in [6.45, 7) is 8.71. The van der Waals surface area contributed by atoms with Gasteiger partial charge in [0.15, 0.2) is 0 Å². The molecule has 14 heavy (non-hydrogen) atoms. The van der Waals surface area contributed by atoms with E-state index in [9.17, 15) is 0 Å². The van der Waals surface area contributed by atoms with Crippen LogP contribution in [0.25, 0.3) is 0 Å². The summed E-state index contributed by atoms with van der Waals surface area (Å²) in [6.07, 6.45) is 4.99. The monoisotopic (exact) mass is 195 g/mol. The molecule has 1 aromatic rings. The first-order chi connectivity index (χ1) is 6.58. The molecule has 0 unspecified atom stereocenters. The van der Waals surface area contributed by atoms with Gasteiger partial charge in [-0.05, 0) is 19.5 Å². The molecule has 0 fully saturated rings. The maximum absolute atomic E-state index is 4.40. The molecular weight excluding hydrogens is 174 g/mol. The predicted molar refractivity (Wildman–Crippen MR) is 59.4 cm³/mol. The van der Waals surface area contributed by atoms with Crippen LogP contribution in [0.4, 0.5) is 0 Å². The van der Waals surface area contributed by atoms with Crippen LogP contribution in [-0.4, -0.2) is 22.6 Å². The molecule has 0 aliphatic carbocycles. The lowest BCUT2D eigenvalue weighted by Gasteiger charge is -2.24. The molecule has 0 atom stereocenters. The molecular formula is C11H21N3. The van der Waals surface area contributed by atoms with E-state index in [2.05, 4.69) is 42.7 Å². The maximum atomic E-state index is 4.40. The molecule has 0 saturated carbocycles. The maximum Gasteiger partial charge on any atom is 0.114 e. The van der Waals surface area contributed by atoms with Crippen molar-refractivity contribution in [2.75, 3.05) is 13.1 Å². The van der Waals surface area contributed by atoms with E-state index in [-0.39, 0.29) is 5.41 Å². The van der Waals surface area contributed by atoms with Gasteiger partial charge in [0.05, 0.1) is 0 Å². The van der Waals surface area contributed by atoms with Crippen molar-refractivity contribution in [3.05, 3.63) is 18.2 Å². The molecule has 1 N–H and O–H groups in total. The molecule has 3 nitrogen and oxygen atoms in total. The molecule has 1 heterocycles. The molecule has 0 aliphatic heterocycles. The number of hydrogen-bond acceptors (Lipinski definition) is 2. The average Bonchev–Trinajstić information content (AvgIpc) is 2.52. The first-order valence-corrected chi connectivity index (χ1v) is 5.26. The van der Waals surface area contributed by atoms with E-state index in [0.29, 0.717) is 0 Å². The van der Waals surface area contributed by atoms with Crippen LogP contribution in [0.3, 0.4) is 0 Å². The summed E-state index contributed by atoms with van der Waals surface area (Å²) in [5, 5.41) is 3.35. The Morgan fingerprint density at radius 1 is 1.50 bits per heavy atom. The van der Waals surface area contributed by atoms with Crippen LogP contribution >= 0.6 is 0 Å².